The number of hydrogen-bond donors (Lipinski definition) is 1. The molecular weight excluding hydrogens is 358 g/mol. The number of nitrogens with zero attached hydrogens (tertiary/aromatic N) is 2. The van der Waals surface area contributed by atoms with Gasteiger partial charge < -0.3 is 19.2 Å². The van der Waals surface area contributed by atoms with Crippen LogP contribution in [0.2, 0.25) is 0 Å². The van der Waals surface area contributed by atoms with Gasteiger partial charge in [0.1, 0.15) is 36.2 Å². The Hall–Kier alpha value is -3.66. The number of nitriles is 1. The summed E-state index contributed by atoms with van der Waals surface area (Å²) >= 11 is 0. The second kappa shape index (κ2) is 7.16. The molecule has 0 spiro atoms. The van der Waals surface area contributed by atoms with E-state index in [1.165, 1.54) is 0 Å². The highest BCUT2D eigenvalue weighted by atomic mass is 16.6. The van der Waals surface area contributed by atoms with Crippen LogP contribution in [0.25, 0.3) is 5.88 Å². The van der Waals surface area contributed by atoms with Gasteiger partial charge in [-0.25, -0.2) is 0 Å². The first-order valence-corrected chi connectivity index (χ1v) is 8.95. The molecule has 1 N–H and O–H groups in total. The molecule has 0 saturated carbocycles. The molecule has 2 aromatic heterocycles. The zero-order valence-electron chi connectivity index (χ0n) is 15.6. The lowest BCUT2D eigenvalue weighted by Crippen LogP contribution is -2.27. The van der Waals surface area contributed by atoms with Crippen LogP contribution in [0.3, 0.4) is 0 Å². The lowest BCUT2D eigenvalue weighted by molar-refractivity contribution is 0.0938. The Bertz CT molecular complexity index is 1060. The summed E-state index contributed by atoms with van der Waals surface area (Å²) in [6.45, 7) is 4.58. The van der Waals surface area contributed by atoms with Gasteiger partial charge in [0.25, 0.3) is 5.91 Å². The monoisotopic (exact) mass is 377 g/mol. The van der Waals surface area contributed by atoms with Crippen molar-refractivity contribution >= 4 is 5.91 Å². The number of benzene rings is 1. The summed E-state index contributed by atoms with van der Waals surface area (Å²) in [6, 6.07) is 11.0. The molecule has 0 saturated heterocycles. The van der Waals surface area contributed by atoms with E-state index in [1.807, 2.05) is 37.3 Å². The molecule has 1 aliphatic heterocycles. The molecule has 28 heavy (non-hydrogen) atoms. The Kier molecular flexibility index (Phi) is 4.53. The van der Waals surface area contributed by atoms with Crippen LogP contribution in [0, 0.1) is 18.3 Å². The topological polar surface area (TPSA) is 89.4 Å². The van der Waals surface area contributed by atoms with E-state index in [9.17, 15) is 10.1 Å². The van der Waals surface area contributed by atoms with Gasteiger partial charge in [-0.3, -0.25) is 9.36 Å². The van der Waals surface area contributed by atoms with Crippen molar-refractivity contribution < 1.29 is 18.7 Å². The average molecular weight is 377 g/mol. The third kappa shape index (κ3) is 3.09. The predicted octanol–water partition coefficient (Wildman–Crippen LogP) is 3.51. The highest BCUT2D eigenvalue weighted by molar-refractivity contribution is 5.98. The Morgan fingerprint density at radius 3 is 2.64 bits per heavy atom. The van der Waals surface area contributed by atoms with Crippen molar-refractivity contribution in [3.8, 4) is 23.5 Å². The zero-order chi connectivity index (χ0) is 19.7. The first kappa shape index (κ1) is 17.7. The maximum absolute atomic E-state index is 12.9. The molecule has 0 fully saturated rings. The molecule has 1 amide bonds. The molecule has 142 valence electrons. The lowest BCUT2D eigenvalue weighted by atomic mass is 10.1. The smallest absolute Gasteiger partial charge is 0.256 e. The van der Waals surface area contributed by atoms with E-state index in [-0.39, 0.29) is 23.1 Å². The lowest BCUT2D eigenvalue weighted by Gasteiger charge is -2.21. The van der Waals surface area contributed by atoms with Gasteiger partial charge in [0.05, 0.1) is 6.04 Å². The van der Waals surface area contributed by atoms with Crippen LogP contribution in [-0.2, 0) is 0 Å². The van der Waals surface area contributed by atoms with Gasteiger partial charge in [0.2, 0.25) is 5.88 Å². The van der Waals surface area contributed by atoms with Crippen molar-refractivity contribution in [2.75, 3.05) is 13.2 Å². The number of furan rings is 1. The SMILES string of the molecule is Cc1oc(-n2cccc2)c(C#N)c1C(=O)N[C@@H](C)c1ccc2c(c1)OCCO2. The van der Waals surface area contributed by atoms with E-state index in [2.05, 4.69) is 11.4 Å². The van der Waals surface area contributed by atoms with Crippen LogP contribution in [0.1, 0.15) is 40.2 Å². The van der Waals surface area contributed by atoms with Crippen LogP contribution in [0.5, 0.6) is 11.5 Å². The fraction of sp³-hybridized carbons (Fsp3) is 0.238. The molecule has 0 unspecified atom stereocenters. The standard InChI is InChI=1S/C21H19N3O4/c1-13(15-5-6-17-18(11-15)27-10-9-26-17)23-20(25)19-14(2)28-21(16(19)12-22)24-7-3-4-8-24/h3-8,11,13H,9-10H2,1-2H3,(H,23,25)/t13-/m0/s1. The largest absolute Gasteiger partial charge is 0.486 e. The molecule has 1 atom stereocenters. The first-order valence-electron chi connectivity index (χ1n) is 8.95. The average Bonchev–Trinajstić information content (AvgIpc) is 3.34. The van der Waals surface area contributed by atoms with Crippen molar-refractivity contribution in [2.24, 2.45) is 0 Å². The van der Waals surface area contributed by atoms with E-state index in [1.54, 1.807) is 23.9 Å². The molecule has 1 aliphatic rings. The number of hydrogen-bond acceptors (Lipinski definition) is 5. The normalized spacial score (nSPS) is 13.6. The molecule has 3 aromatic rings. The van der Waals surface area contributed by atoms with Gasteiger partial charge in [0.15, 0.2) is 11.5 Å². The Labute approximate surface area is 162 Å². The van der Waals surface area contributed by atoms with Crippen molar-refractivity contribution in [2.45, 2.75) is 19.9 Å². The van der Waals surface area contributed by atoms with Gasteiger partial charge in [-0.05, 0) is 43.7 Å². The van der Waals surface area contributed by atoms with Crippen LogP contribution >= 0.6 is 0 Å². The van der Waals surface area contributed by atoms with E-state index < -0.39 is 0 Å². The number of aromatic nitrogens is 1. The first-order chi connectivity index (χ1) is 13.6. The van der Waals surface area contributed by atoms with Crippen molar-refractivity contribution in [3.05, 3.63) is 65.2 Å². The zero-order valence-corrected chi connectivity index (χ0v) is 15.6. The summed E-state index contributed by atoms with van der Waals surface area (Å²) in [4.78, 5) is 12.9. The summed E-state index contributed by atoms with van der Waals surface area (Å²) in [7, 11) is 0. The minimum absolute atomic E-state index is 0.209. The number of carbonyl (C=O) groups excluding carboxylic acids is 1. The maximum Gasteiger partial charge on any atom is 0.256 e. The molecular formula is C21H19N3O4. The van der Waals surface area contributed by atoms with Crippen LogP contribution in [0.15, 0.2) is 47.1 Å². The fourth-order valence-electron chi connectivity index (χ4n) is 3.24. The summed E-state index contributed by atoms with van der Waals surface area (Å²) in [5.41, 5.74) is 1.33. The number of ether oxygens (including phenoxy) is 2. The van der Waals surface area contributed by atoms with E-state index >= 15 is 0 Å². The second-order valence-corrected chi connectivity index (χ2v) is 6.51. The summed E-state index contributed by atoms with van der Waals surface area (Å²) in [6.07, 6.45) is 3.53. The highest BCUT2D eigenvalue weighted by Gasteiger charge is 2.26. The quantitative estimate of drug-likeness (QED) is 0.751. The minimum Gasteiger partial charge on any atom is -0.486 e. The molecule has 0 radical (unpaired) electrons. The third-order valence-corrected chi connectivity index (χ3v) is 4.66. The van der Waals surface area contributed by atoms with Crippen LogP contribution in [-0.4, -0.2) is 23.7 Å². The molecule has 4 rings (SSSR count). The van der Waals surface area contributed by atoms with Crippen LogP contribution < -0.4 is 14.8 Å². The summed E-state index contributed by atoms with van der Waals surface area (Å²) in [5.74, 6) is 1.73. The van der Waals surface area contributed by atoms with Gasteiger partial charge in [-0.2, -0.15) is 5.26 Å². The van der Waals surface area contributed by atoms with Crippen molar-refractivity contribution in [1.82, 2.24) is 9.88 Å². The predicted molar refractivity (Wildman–Crippen MR) is 101 cm³/mol. The molecule has 7 nitrogen and oxygen atoms in total. The fourth-order valence-corrected chi connectivity index (χ4v) is 3.24. The van der Waals surface area contributed by atoms with E-state index in [0.717, 1.165) is 5.56 Å². The number of rotatable bonds is 4. The molecule has 0 bridgehead atoms. The second-order valence-electron chi connectivity index (χ2n) is 6.51. The number of amides is 1. The molecule has 3 heterocycles. The molecule has 1 aromatic carbocycles. The van der Waals surface area contributed by atoms with E-state index in [0.29, 0.717) is 36.4 Å². The highest BCUT2D eigenvalue weighted by Crippen LogP contribution is 2.33. The van der Waals surface area contributed by atoms with Gasteiger partial charge in [-0.1, -0.05) is 6.07 Å². The van der Waals surface area contributed by atoms with Gasteiger partial charge >= 0.3 is 0 Å². The summed E-state index contributed by atoms with van der Waals surface area (Å²) < 4.78 is 18.5. The molecule has 7 heteroatoms. The minimum atomic E-state index is -0.362. The van der Waals surface area contributed by atoms with E-state index in [4.69, 9.17) is 13.9 Å². The number of fused-ring (bicyclic) bond motifs is 1. The number of nitrogens with one attached hydrogen (secondary N) is 1. The van der Waals surface area contributed by atoms with Gasteiger partial charge in [0, 0.05) is 12.4 Å². The number of carbonyl (C=O) groups is 1. The van der Waals surface area contributed by atoms with Crippen LogP contribution in [0.4, 0.5) is 0 Å². The Balaban J connectivity index is 1.60. The third-order valence-electron chi connectivity index (χ3n) is 4.66. The number of aryl methyl sites for hydroxylation is 1. The summed E-state index contributed by atoms with van der Waals surface area (Å²) in [5, 5.41) is 12.5. The van der Waals surface area contributed by atoms with Crippen molar-refractivity contribution in [3.63, 3.8) is 0 Å². The maximum atomic E-state index is 12.9. The Morgan fingerprint density at radius 2 is 1.93 bits per heavy atom. The molecule has 0 aliphatic carbocycles. The Morgan fingerprint density at radius 1 is 1.21 bits per heavy atom. The van der Waals surface area contributed by atoms with Gasteiger partial charge in [-0.15, -0.1) is 0 Å². The van der Waals surface area contributed by atoms with Crippen molar-refractivity contribution in [1.29, 1.82) is 5.26 Å².